The van der Waals surface area contributed by atoms with Gasteiger partial charge in [-0.1, -0.05) is 31.4 Å². The van der Waals surface area contributed by atoms with Crippen molar-refractivity contribution in [2.24, 2.45) is 5.92 Å². The highest BCUT2D eigenvalue weighted by atomic mass is 19.4. The second kappa shape index (κ2) is 4.49. The molecular weight excluding hydrogens is 295 g/mol. The van der Waals surface area contributed by atoms with E-state index in [1.165, 1.54) is 0 Å². The third kappa shape index (κ3) is 1.95. The van der Waals surface area contributed by atoms with Crippen LogP contribution in [0.5, 0.6) is 0 Å². The number of rotatable bonds is 0. The van der Waals surface area contributed by atoms with Gasteiger partial charge in [0.25, 0.3) is 0 Å². The van der Waals surface area contributed by atoms with Crippen molar-refractivity contribution >= 4 is 5.91 Å². The van der Waals surface area contributed by atoms with Crippen molar-refractivity contribution in [3.63, 3.8) is 0 Å². The third-order valence-corrected chi connectivity index (χ3v) is 6.05. The molecule has 1 saturated carbocycles. The van der Waals surface area contributed by atoms with Crippen LogP contribution >= 0.6 is 0 Å². The van der Waals surface area contributed by atoms with Gasteiger partial charge in [0, 0.05) is 5.54 Å². The number of amides is 1. The monoisotopic (exact) mass is 315 g/mol. The van der Waals surface area contributed by atoms with Crippen LogP contribution in [0.2, 0.25) is 0 Å². The number of piperidine rings is 1. The Kier molecular flexibility index (Phi) is 2.97. The fourth-order valence-corrected chi connectivity index (χ4v) is 5.05. The van der Waals surface area contributed by atoms with Crippen molar-refractivity contribution in [2.45, 2.75) is 68.4 Å². The summed E-state index contributed by atoms with van der Waals surface area (Å²) in [5.41, 5.74) is -1.28. The zero-order chi connectivity index (χ0) is 15.6. The first-order valence-corrected chi connectivity index (χ1v) is 8.11. The van der Waals surface area contributed by atoms with Gasteiger partial charge in [0.15, 0.2) is 0 Å². The Morgan fingerprint density at radius 1 is 1.23 bits per heavy atom. The first-order valence-electron chi connectivity index (χ1n) is 8.11. The Labute approximate surface area is 127 Å². The lowest BCUT2D eigenvalue weighted by Gasteiger charge is -2.55. The molecule has 1 aliphatic carbocycles. The van der Waals surface area contributed by atoms with E-state index in [1.807, 2.05) is 12.2 Å². The fourth-order valence-electron chi connectivity index (χ4n) is 5.05. The van der Waals surface area contributed by atoms with Gasteiger partial charge in [0.2, 0.25) is 0 Å². The Bertz CT molecular complexity index is 524. The van der Waals surface area contributed by atoms with Crippen LogP contribution in [0.25, 0.3) is 0 Å². The maximum Gasteiger partial charge on any atom is 0.471 e. The Hall–Kier alpha value is -1.04. The highest BCUT2D eigenvalue weighted by molar-refractivity contribution is 5.83. The largest absolute Gasteiger partial charge is 0.471 e. The number of ether oxygens (including phenoxy) is 1. The molecule has 0 aromatic carbocycles. The van der Waals surface area contributed by atoms with Crippen molar-refractivity contribution in [1.82, 2.24) is 4.90 Å². The summed E-state index contributed by atoms with van der Waals surface area (Å²) in [5.74, 6) is -1.44. The van der Waals surface area contributed by atoms with Crippen molar-refractivity contribution in [3.8, 4) is 0 Å². The van der Waals surface area contributed by atoms with E-state index in [2.05, 4.69) is 0 Å². The molecule has 6 heteroatoms. The van der Waals surface area contributed by atoms with Crippen LogP contribution in [0.4, 0.5) is 13.2 Å². The summed E-state index contributed by atoms with van der Waals surface area (Å²) >= 11 is 0. The molecule has 2 spiro atoms. The van der Waals surface area contributed by atoms with Crippen LogP contribution in [0, 0.1) is 5.92 Å². The van der Waals surface area contributed by atoms with E-state index in [0.29, 0.717) is 19.3 Å². The van der Waals surface area contributed by atoms with E-state index < -0.39 is 23.2 Å². The summed E-state index contributed by atoms with van der Waals surface area (Å²) in [7, 11) is 0. The van der Waals surface area contributed by atoms with Crippen molar-refractivity contribution in [2.75, 3.05) is 6.54 Å². The summed E-state index contributed by atoms with van der Waals surface area (Å²) in [4.78, 5) is 13.2. The minimum absolute atomic E-state index is 0.0200. The van der Waals surface area contributed by atoms with E-state index >= 15 is 0 Å². The molecule has 0 aromatic heterocycles. The number of nitrogens with zero attached hydrogens (tertiary/aromatic N) is 1. The number of hydrogen-bond donors (Lipinski definition) is 0. The normalized spacial score (nSPS) is 39.3. The van der Waals surface area contributed by atoms with E-state index in [-0.39, 0.29) is 18.6 Å². The lowest BCUT2D eigenvalue weighted by atomic mass is 9.65. The maximum atomic E-state index is 13.1. The van der Waals surface area contributed by atoms with Crippen LogP contribution in [0.1, 0.15) is 44.9 Å². The van der Waals surface area contributed by atoms with Crippen molar-refractivity contribution in [3.05, 3.63) is 12.2 Å². The van der Waals surface area contributed by atoms with Crippen LogP contribution in [-0.2, 0) is 9.53 Å². The smallest absolute Gasteiger partial charge is 0.361 e. The van der Waals surface area contributed by atoms with Gasteiger partial charge in [-0.25, -0.2) is 0 Å². The Morgan fingerprint density at radius 2 is 1.95 bits per heavy atom. The minimum atomic E-state index is -4.81. The predicted octanol–water partition coefficient (Wildman–Crippen LogP) is 3.20. The van der Waals surface area contributed by atoms with Gasteiger partial charge in [-0.2, -0.15) is 13.2 Å². The van der Waals surface area contributed by atoms with Gasteiger partial charge in [-0.3, -0.25) is 4.79 Å². The second-order valence-electron chi connectivity index (χ2n) is 7.28. The van der Waals surface area contributed by atoms with Gasteiger partial charge in [0.05, 0.1) is 12.6 Å². The molecule has 0 radical (unpaired) electrons. The van der Waals surface area contributed by atoms with E-state index in [1.54, 1.807) is 0 Å². The molecule has 0 unspecified atom stereocenters. The molecule has 3 atom stereocenters. The molecular formula is C16H20F3NO2. The lowest BCUT2D eigenvalue weighted by Crippen LogP contribution is -2.66. The SMILES string of the molecule is O=C(N1C[C@]23C=C[C@H](C[C@H]2CC12CCCCC2)O3)C(F)(F)F. The first kappa shape index (κ1) is 14.5. The fraction of sp³-hybridized carbons (Fsp3) is 0.812. The molecule has 4 aliphatic rings. The zero-order valence-electron chi connectivity index (χ0n) is 12.4. The number of alkyl halides is 3. The molecule has 3 aliphatic heterocycles. The molecule has 2 bridgehead atoms. The quantitative estimate of drug-likeness (QED) is 0.643. The summed E-state index contributed by atoms with van der Waals surface area (Å²) in [6.07, 6.45) is 4.81. The van der Waals surface area contributed by atoms with Gasteiger partial charge < -0.3 is 9.64 Å². The topological polar surface area (TPSA) is 29.5 Å². The van der Waals surface area contributed by atoms with Gasteiger partial charge in [0.1, 0.15) is 5.60 Å². The Morgan fingerprint density at radius 3 is 2.59 bits per heavy atom. The summed E-state index contributed by atoms with van der Waals surface area (Å²) in [6, 6.07) is 0. The summed E-state index contributed by atoms with van der Waals surface area (Å²) < 4.78 is 45.2. The molecule has 22 heavy (non-hydrogen) atoms. The van der Waals surface area contributed by atoms with Crippen molar-refractivity contribution in [1.29, 1.82) is 0 Å². The highest BCUT2D eigenvalue weighted by Gasteiger charge is 2.62. The number of hydrogen-bond acceptors (Lipinski definition) is 2. The molecule has 1 amide bonds. The molecule has 2 saturated heterocycles. The van der Waals surface area contributed by atoms with Crippen LogP contribution in [0.3, 0.4) is 0 Å². The van der Waals surface area contributed by atoms with E-state index in [4.69, 9.17) is 4.74 Å². The molecule has 3 nitrogen and oxygen atoms in total. The molecule has 3 heterocycles. The highest BCUT2D eigenvalue weighted by Crippen LogP contribution is 2.55. The molecule has 4 rings (SSSR count). The van der Waals surface area contributed by atoms with Crippen molar-refractivity contribution < 1.29 is 22.7 Å². The third-order valence-electron chi connectivity index (χ3n) is 6.05. The molecule has 0 aromatic rings. The number of fused-ring (bicyclic) bond motifs is 1. The standard InChI is InChI=1S/C16H20F3NO2/c17-16(18,19)13(21)20-10-15-7-4-12(22-15)8-11(15)9-14(20)5-2-1-3-6-14/h4,7,11-12H,1-3,5-6,8-10H2/t11-,12+,15+/m0/s1. The van der Waals surface area contributed by atoms with E-state index in [9.17, 15) is 18.0 Å². The predicted molar refractivity (Wildman–Crippen MR) is 73.1 cm³/mol. The van der Waals surface area contributed by atoms with Crippen LogP contribution < -0.4 is 0 Å². The molecule has 122 valence electrons. The van der Waals surface area contributed by atoms with Gasteiger partial charge in [-0.05, 0) is 31.6 Å². The van der Waals surface area contributed by atoms with Crippen LogP contribution in [0.15, 0.2) is 12.2 Å². The lowest BCUT2D eigenvalue weighted by molar-refractivity contribution is -0.203. The summed E-state index contributed by atoms with van der Waals surface area (Å²) in [5, 5.41) is 0. The van der Waals surface area contributed by atoms with E-state index in [0.717, 1.165) is 30.6 Å². The number of carbonyl (C=O) groups is 1. The molecule has 0 N–H and O–H groups in total. The molecule has 3 fully saturated rings. The first-order chi connectivity index (χ1) is 10.3. The number of carbonyl (C=O) groups excluding carboxylic acids is 1. The number of halogens is 3. The average Bonchev–Trinajstić information content (AvgIpc) is 3.02. The zero-order valence-corrected chi connectivity index (χ0v) is 12.4. The number of likely N-dealkylation sites (tertiary alicyclic amines) is 1. The average molecular weight is 315 g/mol. The summed E-state index contributed by atoms with van der Waals surface area (Å²) in [6.45, 7) is 0.0585. The van der Waals surface area contributed by atoms with Crippen LogP contribution in [-0.4, -0.2) is 40.8 Å². The van der Waals surface area contributed by atoms with Gasteiger partial charge in [-0.15, -0.1) is 0 Å². The Balaban J connectivity index is 1.71. The minimum Gasteiger partial charge on any atom is -0.361 e. The van der Waals surface area contributed by atoms with Gasteiger partial charge >= 0.3 is 12.1 Å². The maximum absolute atomic E-state index is 13.1. The second-order valence-corrected chi connectivity index (χ2v) is 7.28.